The highest BCUT2D eigenvalue weighted by atomic mass is 35.5. The van der Waals surface area contributed by atoms with E-state index in [0.29, 0.717) is 0 Å². The lowest BCUT2D eigenvalue weighted by atomic mass is 9.89. The number of alkyl halides is 1. The summed E-state index contributed by atoms with van der Waals surface area (Å²) in [7, 11) is 0. The van der Waals surface area contributed by atoms with Crippen molar-refractivity contribution in [3.8, 4) is 5.69 Å². The van der Waals surface area contributed by atoms with Gasteiger partial charge < -0.3 is 0 Å². The monoisotopic (exact) mass is 248 g/mol. The van der Waals surface area contributed by atoms with Crippen LogP contribution in [0.1, 0.15) is 31.7 Å². The van der Waals surface area contributed by atoms with E-state index in [0.717, 1.165) is 11.3 Å². The molecule has 0 aliphatic carbocycles. The molecule has 0 bridgehead atoms. The highest BCUT2D eigenvalue weighted by Crippen LogP contribution is 2.38. The first-order valence-electron chi connectivity index (χ1n) is 5.72. The van der Waals surface area contributed by atoms with E-state index in [9.17, 15) is 0 Å². The lowest BCUT2D eigenvalue weighted by molar-refractivity contribution is 0.396. The quantitative estimate of drug-likeness (QED) is 0.729. The number of aromatic nitrogens is 2. The van der Waals surface area contributed by atoms with Crippen LogP contribution in [0.3, 0.4) is 0 Å². The van der Waals surface area contributed by atoms with Gasteiger partial charge in [-0.25, -0.2) is 4.68 Å². The molecule has 0 amide bonds. The molecule has 0 spiro atoms. The largest absolute Gasteiger partial charge is 0.241 e. The van der Waals surface area contributed by atoms with Gasteiger partial charge in [0, 0.05) is 11.8 Å². The Morgan fingerprint density at radius 3 is 2.41 bits per heavy atom. The second-order valence-corrected chi connectivity index (χ2v) is 5.72. The smallest absolute Gasteiger partial charge is 0.0664 e. The Kier molecular flexibility index (Phi) is 3.25. The lowest BCUT2D eigenvalue weighted by Crippen LogP contribution is -2.12. The molecule has 1 aromatic heterocycles. The van der Waals surface area contributed by atoms with E-state index in [1.54, 1.807) is 0 Å². The third-order valence-electron chi connectivity index (χ3n) is 2.68. The summed E-state index contributed by atoms with van der Waals surface area (Å²) in [6.07, 6.45) is 3.84. The Morgan fingerprint density at radius 1 is 1.18 bits per heavy atom. The van der Waals surface area contributed by atoms with Crippen LogP contribution in [0.15, 0.2) is 42.7 Å². The van der Waals surface area contributed by atoms with Crippen LogP contribution in [0.25, 0.3) is 5.69 Å². The van der Waals surface area contributed by atoms with Gasteiger partial charge in [0.2, 0.25) is 0 Å². The van der Waals surface area contributed by atoms with E-state index in [-0.39, 0.29) is 10.8 Å². The fourth-order valence-electron chi connectivity index (χ4n) is 1.69. The van der Waals surface area contributed by atoms with Crippen molar-refractivity contribution in [3.63, 3.8) is 0 Å². The molecule has 0 N–H and O–H groups in total. The summed E-state index contributed by atoms with van der Waals surface area (Å²) in [6, 6.07) is 10.0. The van der Waals surface area contributed by atoms with Crippen molar-refractivity contribution in [1.82, 2.24) is 9.78 Å². The number of halogens is 1. The lowest BCUT2D eigenvalue weighted by Gasteiger charge is -2.23. The molecule has 3 heteroatoms. The van der Waals surface area contributed by atoms with Gasteiger partial charge in [-0.2, -0.15) is 5.10 Å². The third-order valence-corrected chi connectivity index (χ3v) is 3.58. The Labute approximate surface area is 107 Å². The van der Waals surface area contributed by atoms with E-state index in [1.807, 2.05) is 47.4 Å². The Bertz CT molecular complexity index is 482. The molecule has 0 radical (unpaired) electrons. The van der Waals surface area contributed by atoms with E-state index < -0.39 is 0 Å². The molecule has 0 aliphatic rings. The second kappa shape index (κ2) is 4.53. The molecule has 1 atom stereocenters. The Morgan fingerprint density at radius 2 is 1.82 bits per heavy atom. The molecular formula is C14H17ClN2. The van der Waals surface area contributed by atoms with E-state index in [1.165, 1.54) is 0 Å². The van der Waals surface area contributed by atoms with Crippen LogP contribution in [-0.2, 0) is 0 Å². The standard InChI is InChI=1S/C14H17ClN2/c1-14(2,3)13(15)11-9-16-17(10-11)12-7-5-4-6-8-12/h4-10,13H,1-3H3. The molecule has 1 unspecified atom stereocenters. The van der Waals surface area contributed by atoms with Gasteiger partial charge >= 0.3 is 0 Å². The Balaban J connectivity index is 2.28. The van der Waals surface area contributed by atoms with Crippen LogP contribution in [0.5, 0.6) is 0 Å². The summed E-state index contributed by atoms with van der Waals surface area (Å²) >= 11 is 6.43. The second-order valence-electron chi connectivity index (χ2n) is 5.28. The highest BCUT2D eigenvalue weighted by molar-refractivity contribution is 6.21. The van der Waals surface area contributed by atoms with Crippen molar-refractivity contribution >= 4 is 11.6 Å². The zero-order valence-electron chi connectivity index (χ0n) is 10.4. The van der Waals surface area contributed by atoms with Crippen LogP contribution in [0, 0.1) is 5.41 Å². The van der Waals surface area contributed by atoms with E-state index in [4.69, 9.17) is 11.6 Å². The minimum atomic E-state index is -0.0278. The number of nitrogens with zero attached hydrogens (tertiary/aromatic N) is 2. The maximum atomic E-state index is 6.43. The maximum Gasteiger partial charge on any atom is 0.0664 e. The average molecular weight is 249 g/mol. The minimum absolute atomic E-state index is 0.0278. The normalized spacial score (nSPS) is 13.6. The predicted octanol–water partition coefficient (Wildman–Crippen LogP) is 4.20. The molecule has 2 aromatic rings. The SMILES string of the molecule is CC(C)(C)C(Cl)c1cnn(-c2ccccc2)c1. The first-order valence-corrected chi connectivity index (χ1v) is 6.16. The van der Waals surface area contributed by atoms with Crippen LogP contribution in [0.4, 0.5) is 0 Å². The zero-order valence-corrected chi connectivity index (χ0v) is 11.1. The van der Waals surface area contributed by atoms with Crippen LogP contribution >= 0.6 is 11.6 Å². The molecular weight excluding hydrogens is 232 g/mol. The summed E-state index contributed by atoms with van der Waals surface area (Å²) in [5, 5.41) is 4.33. The maximum absolute atomic E-state index is 6.43. The van der Waals surface area contributed by atoms with Gasteiger partial charge in [-0.15, -0.1) is 11.6 Å². The Hall–Kier alpha value is -1.28. The molecule has 2 nitrogen and oxygen atoms in total. The van der Waals surface area contributed by atoms with Gasteiger partial charge in [0.05, 0.1) is 17.3 Å². The minimum Gasteiger partial charge on any atom is -0.241 e. The van der Waals surface area contributed by atoms with E-state index in [2.05, 4.69) is 25.9 Å². The zero-order chi connectivity index (χ0) is 12.5. The third kappa shape index (κ3) is 2.70. The van der Waals surface area contributed by atoms with E-state index >= 15 is 0 Å². The van der Waals surface area contributed by atoms with Crippen LogP contribution < -0.4 is 0 Å². The number of hydrogen-bond acceptors (Lipinski definition) is 1. The summed E-state index contributed by atoms with van der Waals surface area (Å²) in [5.41, 5.74) is 2.14. The molecule has 1 aromatic carbocycles. The molecule has 0 saturated heterocycles. The fraction of sp³-hybridized carbons (Fsp3) is 0.357. The average Bonchev–Trinajstić information content (AvgIpc) is 2.77. The van der Waals surface area contributed by atoms with Gasteiger partial charge in [0.15, 0.2) is 0 Å². The highest BCUT2D eigenvalue weighted by Gasteiger charge is 2.25. The molecule has 1 heterocycles. The van der Waals surface area contributed by atoms with Crippen molar-refractivity contribution < 1.29 is 0 Å². The predicted molar refractivity (Wildman–Crippen MR) is 71.6 cm³/mol. The molecule has 0 fully saturated rings. The molecule has 2 rings (SSSR count). The van der Waals surface area contributed by atoms with Crippen LogP contribution in [0.2, 0.25) is 0 Å². The molecule has 17 heavy (non-hydrogen) atoms. The van der Waals surface area contributed by atoms with Gasteiger partial charge in [-0.3, -0.25) is 0 Å². The fourth-order valence-corrected chi connectivity index (χ4v) is 1.80. The number of rotatable bonds is 2. The topological polar surface area (TPSA) is 17.8 Å². The van der Waals surface area contributed by atoms with Crippen molar-refractivity contribution in [2.75, 3.05) is 0 Å². The summed E-state index contributed by atoms with van der Waals surface area (Å²) in [4.78, 5) is 0. The van der Waals surface area contributed by atoms with Crippen molar-refractivity contribution in [2.24, 2.45) is 5.41 Å². The van der Waals surface area contributed by atoms with Gasteiger partial charge in [-0.1, -0.05) is 39.0 Å². The molecule has 0 aliphatic heterocycles. The van der Waals surface area contributed by atoms with Gasteiger partial charge in [0.25, 0.3) is 0 Å². The molecule has 0 saturated carbocycles. The van der Waals surface area contributed by atoms with Crippen LogP contribution in [-0.4, -0.2) is 9.78 Å². The van der Waals surface area contributed by atoms with Gasteiger partial charge in [-0.05, 0) is 17.5 Å². The first-order chi connectivity index (χ1) is 7.98. The summed E-state index contributed by atoms with van der Waals surface area (Å²) in [5.74, 6) is 0. The van der Waals surface area contributed by atoms with Crippen molar-refractivity contribution in [3.05, 3.63) is 48.3 Å². The number of hydrogen-bond donors (Lipinski definition) is 0. The van der Waals surface area contributed by atoms with Gasteiger partial charge in [0.1, 0.15) is 0 Å². The summed E-state index contributed by atoms with van der Waals surface area (Å²) in [6.45, 7) is 6.39. The number of benzene rings is 1. The number of para-hydroxylation sites is 1. The summed E-state index contributed by atoms with van der Waals surface area (Å²) < 4.78 is 1.86. The van der Waals surface area contributed by atoms with Crippen molar-refractivity contribution in [1.29, 1.82) is 0 Å². The molecule has 90 valence electrons. The first kappa shape index (κ1) is 12.2. The van der Waals surface area contributed by atoms with Crippen molar-refractivity contribution in [2.45, 2.75) is 26.1 Å².